The van der Waals surface area contributed by atoms with Gasteiger partial charge >= 0.3 is 5.91 Å². The normalized spacial score (nSPS) is 17.2. The number of aliphatic hydroxyl groups excluding tert-OH is 1. The Morgan fingerprint density at radius 1 is 1.03 bits per heavy atom. The van der Waals surface area contributed by atoms with E-state index in [1.807, 2.05) is 61.7 Å². The third kappa shape index (κ3) is 3.58. The Bertz CT molecular complexity index is 1800. The van der Waals surface area contributed by atoms with E-state index < -0.39 is 17.7 Å². The fourth-order valence-electron chi connectivity index (χ4n) is 4.93. The van der Waals surface area contributed by atoms with E-state index >= 15 is 0 Å². The molecule has 190 valence electrons. The third-order valence-corrected chi connectivity index (χ3v) is 7.94. The zero-order valence-corrected chi connectivity index (χ0v) is 22.0. The molecule has 2 aromatic carbocycles. The number of hydrogen-bond donors (Lipinski definition) is 1. The summed E-state index contributed by atoms with van der Waals surface area (Å²) in [5.74, 6) is -1.22. The number of imidazole rings is 1. The minimum absolute atomic E-state index is 0.0280. The highest BCUT2D eigenvalue weighted by Gasteiger charge is 2.48. The number of nitrogens with zero attached hydrogens (tertiary/aromatic N) is 4. The van der Waals surface area contributed by atoms with E-state index in [4.69, 9.17) is 4.74 Å². The molecule has 0 aliphatic carbocycles. The topological polar surface area (TPSA) is 97.0 Å². The number of fused-ring (bicyclic) bond motifs is 2. The number of carbonyl (C=O) groups excluding carboxylic acids is 2. The number of pyridine rings is 1. The van der Waals surface area contributed by atoms with E-state index in [0.29, 0.717) is 27.8 Å². The number of rotatable bonds is 4. The number of benzene rings is 2. The number of hydrogen-bond acceptors (Lipinski definition) is 7. The number of carbonyl (C=O) groups is 2. The molecule has 5 aromatic rings. The van der Waals surface area contributed by atoms with Crippen molar-refractivity contribution in [3.63, 3.8) is 0 Å². The van der Waals surface area contributed by atoms with Crippen molar-refractivity contribution in [3.8, 4) is 5.75 Å². The minimum Gasteiger partial charge on any atom is -0.505 e. The predicted octanol–water partition coefficient (Wildman–Crippen LogP) is 5.50. The molecule has 1 atom stereocenters. The molecule has 1 aliphatic rings. The highest BCUT2D eigenvalue weighted by atomic mass is 32.1. The van der Waals surface area contributed by atoms with Crippen LogP contribution in [0.5, 0.6) is 5.75 Å². The van der Waals surface area contributed by atoms with Crippen molar-refractivity contribution < 1.29 is 19.4 Å². The number of aliphatic hydroxyl groups is 1. The first-order valence-corrected chi connectivity index (χ1v) is 12.9. The highest BCUT2D eigenvalue weighted by Crippen LogP contribution is 2.44. The van der Waals surface area contributed by atoms with Crippen LogP contribution in [0.25, 0.3) is 21.6 Å². The summed E-state index contributed by atoms with van der Waals surface area (Å²) in [4.78, 5) is 37.9. The monoisotopic (exact) mass is 524 g/mol. The Morgan fingerprint density at radius 3 is 2.50 bits per heavy atom. The van der Waals surface area contributed by atoms with E-state index in [1.165, 1.54) is 16.2 Å². The van der Waals surface area contributed by atoms with Gasteiger partial charge in [-0.2, -0.15) is 0 Å². The Morgan fingerprint density at radius 2 is 1.79 bits per heavy atom. The number of ether oxygens (including phenoxy) is 1. The fraction of sp³-hybridized carbons (Fsp3) is 0.172. The van der Waals surface area contributed by atoms with Gasteiger partial charge in [0.1, 0.15) is 17.1 Å². The van der Waals surface area contributed by atoms with Gasteiger partial charge < -0.3 is 14.2 Å². The number of Topliss-reactive ketones (excluding diaryl/α,β-unsaturated/α-hetero) is 1. The summed E-state index contributed by atoms with van der Waals surface area (Å²) in [5.41, 5.74) is 4.93. The van der Waals surface area contributed by atoms with Gasteiger partial charge in [-0.25, -0.2) is 9.97 Å². The predicted molar refractivity (Wildman–Crippen MR) is 147 cm³/mol. The molecule has 1 unspecified atom stereocenters. The van der Waals surface area contributed by atoms with Gasteiger partial charge in [0.15, 0.2) is 10.9 Å². The van der Waals surface area contributed by atoms with Crippen LogP contribution >= 0.6 is 11.3 Å². The van der Waals surface area contributed by atoms with Crippen LogP contribution in [-0.4, -0.2) is 38.3 Å². The van der Waals surface area contributed by atoms with Crippen LogP contribution in [-0.2, 0) is 9.59 Å². The Balaban J connectivity index is 1.59. The average Bonchev–Trinajstić information content (AvgIpc) is 3.56. The molecule has 0 spiro atoms. The van der Waals surface area contributed by atoms with Crippen LogP contribution in [0.15, 0.2) is 66.4 Å². The number of anilines is 1. The van der Waals surface area contributed by atoms with Crippen molar-refractivity contribution in [2.24, 2.45) is 0 Å². The van der Waals surface area contributed by atoms with Gasteiger partial charge in [0.05, 0.1) is 34.6 Å². The van der Waals surface area contributed by atoms with Gasteiger partial charge in [-0.05, 0) is 67.8 Å². The molecule has 1 N–H and O–H groups in total. The number of thiazole rings is 1. The Hall–Kier alpha value is -4.50. The second kappa shape index (κ2) is 8.81. The lowest BCUT2D eigenvalue weighted by atomic mass is 9.96. The van der Waals surface area contributed by atoms with E-state index in [2.05, 4.69) is 9.97 Å². The first-order chi connectivity index (χ1) is 18.3. The molecule has 9 heteroatoms. The van der Waals surface area contributed by atoms with E-state index in [-0.39, 0.29) is 17.0 Å². The standard InChI is InChI=1S/C29H24N4O4S/c1-15-7-12-20-21(14-15)38-29(30-20)33-24(18-8-10-19(37-4)11-9-18)22(26(35)28(33)36)25(34)23-17(3)32-13-5-6-16(2)27(32)31-23/h5-14,24,34H,1-4H3/b25-22+. The summed E-state index contributed by atoms with van der Waals surface area (Å²) in [6, 6.07) is 15.9. The second-order valence-corrected chi connectivity index (χ2v) is 10.3. The molecule has 8 nitrogen and oxygen atoms in total. The smallest absolute Gasteiger partial charge is 0.301 e. The van der Waals surface area contributed by atoms with Crippen molar-refractivity contribution in [3.05, 3.63) is 94.4 Å². The number of methoxy groups -OCH3 is 1. The molecule has 6 rings (SSSR count). The summed E-state index contributed by atoms with van der Waals surface area (Å²) in [6.45, 7) is 5.74. The summed E-state index contributed by atoms with van der Waals surface area (Å²) in [5, 5.41) is 12.0. The van der Waals surface area contributed by atoms with Crippen molar-refractivity contribution in [2.75, 3.05) is 12.0 Å². The van der Waals surface area contributed by atoms with Crippen molar-refractivity contribution in [2.45, 2.75) is 26.8 Å². The SMILES string of the molecule is COc1ccc(C2/C(=C(\O)c3nc4c(C)cccn4c3C)C(=O)C(=O)N2c2nc3ccc(C)cc3s2)cc1. The van der Waals surface area contributed by atoms with Crippen molar-refractivity contribution >= 4 is 49.8 Å². The second-order valence-electron chi connectivity index (χ2n) is 9.34. The highest BCUT2D eigenvalue weighted by molar-refractivity contribution is 7.22. The lowest BCUT2D eigenvalue weighted by Crippen LogP contribution is -2.29. The Kier molecular flexibility index (Phi) is 5.53. The number of aromatic nitrogens is 3. The first-order valence-electron chi connectivity index (χ1n) is 12.0. The zero-order chi connectivity index (χ0) is 26.7. The maximum absolute atomic E-state index is 13.6. The molecule has 38 heavy (non-hydrogen) atoms. The molecule has 0 saturated carbocycles. The molecule has 4 heterocycles. The maximum Gasteiger partial charge on any atom is 0.301 e. The van der Waals surface area contributed by atoms with E-state index in [9.17, 15) is 14.7 Å². The van der Waals surface area contributed by atoms with Crippen LogP contribution in [0.1, 0.15) is 34.1 Å². The molecule has 0 bridgehead atoms. The molecule has 1 aliphatic heterocycles. The molecule has 0 radical (unpaired) electrons. The van der Waals surface area contributed by atoms with Gasteiger partial charge in [0, 0.05) is 6.20 Å². The van der Waals surface area contributed by atoms with E-state index in [0.717, 1.165) is 21.3 Å². The average molecular weight is 525 g/mol. The summed E-state index contributed by atoms with van der Waals surface area (Å²) >= 11 is 1.33. The largest absolute Gasteiger partial charge is 0.505 e. The zero-order valence-electron chi connectivity index (χ0n) is 21.2. The van der Waals surface area contributed by atoms with Gasteiger partial charge in [-0.1, -0.05) is 35.6 Å². The number of ketones is 1. The molecule has 1 fully saturated rings. The molecular weight excluding hydrogens is 500 g/mol. The van der Waals surface area contributed by atoms with Crippen LogP contribution in [0.3, 0.4) is 0 Å². The van der Waals surface area contributed by atoms with Gasteiger partial charge in [0.2, 0.25) is 0 Å². The third-order valence-electron chi connectivity index (χ3n) is 6.92. The quantitative estimate of drug-likeness (QED) is 0.189. The summed E-state index contributed by atoms with van der Waals surface area (Å²) < 4.78 is 8.07. The summed E-state index contributed by atoms with van der Waals surface area (Å²) in [7, 11) is 1.57. The van der Waals surface area contributed by atoms with Gasteiger partial charge in [-0.15, -0.1) is 0 Å². The lowest BCUT2D eigenvalue weighted by Gasteiger charge is -2.23. The van der Waals surface area contributed by atoms with Crippen LogP contribution in [0.2, 0.25) is 0 Å². The number of aryl methyl sites for hydroxylation is 3. The Labute approximate surface area is 222 Å². The van der Waals surface area contributed by atoms with Crippen LogP contribution < -0.4 is 9.64 Å². The van der Waals surface area contributed by atoms with E-state index in [1.54, 1.807) is 31.4 Å². The first kappa shape index (κ1) is 23.9. The van der Waals surface area contributed by atoms with Crippen molar-refractivity contribution in [1.29, 1.82) is 0 Å². The molecule has 1 amide bonds. The van der Waals surface area contributed by atoms with Gasteiger partial charge in [-0.3, -0.25) is 14.5 Å². The molecule has 1 saturated heterocycles. The minimum atomic E-state index is -0.895. The lowest BCUT2D eigenvalue weighted by molar-refractivity contribution is -0.132. The van der Waals surface area contributed by atoms with Crippen LogP contribution in [0.4, 0.5) is 5.13 Å². The maximum atomic E-state index is 13.6. The molecular formula is C29H24N4O4S. The molecule has 3 aromatic heterocycles. The van der Waals surface area contributed by atoms with Crippen LogP contribution in [0, 0.1) is 20.8 Å². The fourth-order valence-corrected chi connectivity index (χ4v) is 6.02. The van der Waals surface area contributed by atoms with Crippen molar-refractivity contribution in [1.82, 2.24) is 14.4 Å². The summed E-state index contributed by atoms with van der Waals surface area (Å²) in [6.07, 6.45) is 1.85. The van der Waals surface area contributed by atoms with Gasteiger partial charge in [0.25, 0.3) is 5.78 Å². The number of amides is 1.